The lowest BCUT2D eigenvalue weighted by atomic mass is 9.95. The van der Waals surface area contributed by atoms with Crippen LogP contribution in [-0.4, -0.2) is 87.6 Å². The van der Waals surface area contributed by atoms with E-state index in [1.54, 1.807) is 0 Å². The van der Waals surface area contributed by atoms with Crippen molar-refractivity contribution in [3.8, 4) is 0 Å². The van der Waals surface area contributed by atoms with Crippen molar-refractivity contribution in [3.63, 3.8) is 0 Å². The topological polar surface area (TPSA) is 116 Å². The number of hydrogen-bond donors (Lipinski definition) is 3. The summed E-state index contributed by atoms with van der Waals surface area (Å²) in [5, 5.41) is 20.3. The van der Waals surface area contributed by atoms with Crippen molar-refractivity contribution < 1.29 is 4.79 Å². The molecule has 3 N–H and O–H groups in total. The van der Waals surface area contributed by atoms with Gasteiger partial charge in [0, 0.05) is 44.2 Å². The van der Waals surface area contributed by atoms with Crippen molar-refractivity contribution in [3.05, 3.63) is 72.1 Å². The summed E-state index contributed by atoms with van der Waals surface area (Å²) < 4.78 is 1.91. The number of piperazine rings is 1. The Balaban J connectivity index is 0.950. The number of fused-ring (bicyclic) bond motifs is 1. The maximum atomic E-state index is 12.9. The number of nitrogens with zero attached hydrogens (tertiary/aromatic N) is 7. The van der Waals surface area contributed by atoms with Gasteiger partial charge in [0.15, 0.2) is 0 Å². The molecule has 0 atom stereocenters. The molecule has 6 rings (SSSR count). The van der Waals surface area contributed by atoms with Crippen LogP contribution in [0.25, 0.3) is 10.9 Å². The first-order valence-electron chi connectivity index (χ1n) is 17.1. The summed E-state index contributed by atoms with van der Waals surface area (Å²) >= 11 is 0. The number of nitrogens with one attached hydrogen (secondary N) is 3. The minimum atomic E-state index is 0.169. The van der Waals surface area contributed by atoms with E-state index >= 15 is 0 Å². The molecule has 11 heteroatoms. The highest BCUT2D eigenvalue weighted by molar-refractivity contribution is 5.90. The second-order valence-electron chi connectivity index (χ2n) is 12.5. The van der Waals surface area contributed by atoms with Crippen molar-refractivity contribution in [2.75, 3.05) is 56.0 Å². The number of aromatic nitrogens is 5. The van der Waals surface area contributed by atoms with Gasteiger partial charge in [0.05, 0.1) is 24.7 Å². The summed E-state index contributed by atoms with van der Waals surface area (Å²) in [6.45, 7) is 7.23. The van der Waals surface area contributed by atoms with Gasteiger partial charge >= 0.3 is 0 Å². The van der Waals surface area contributed by atoms with E-state index in [0.29, 0.717) is 32.0 Å². The van der Waals surface area contributed by atoms with E-state index in [2.05, 4.69) is 37.2 Å². The van der Waals surface area contributed by atoms with Gasteiger partial charge in [0.2, 0.25) is 11.9 Å². The van der Waals surface area contributed by atoms with Crippen molar-refractivity contribution in [2.45, 2.75) is 70.5 Å². The SMILES string of the molecule is O=C(Cc1ccccc1)N1CCN(c2nc(NCc3cn(CCCNCCCNC4CCCCC4)nn3)nc3ccccc23)CC1. The monoisotopic (exact) mass is 624 g/mol. The highest BCUT2D eigenvalue weighted by Gasteiger charge is 2.24. The average molecular weight is 625 g/mol. The van der Waals surface area contributed by atoms with Gasteiger partial charge in [-0.15, -0.1) is 5.10 Å². The zero-order chi connectivity index (χ0) is 31.4. The number of carbonyl (C=O) groups is 1. The van der Waals surface area contributed by atoms with Gasteiger partial charge in [-0.25, -0.2) is 4.98 Å². The summed E-state index contributed by atoms with van der Waals surface area (Å²) in [4.78, 5) is 26.9. The fourth-order valence-electron chi connectivity index (χ4n) is 6.45. The molecule has 2 aromatic carbocycles. The molecule has 2 fully saturated rings. The first kappa shape index (κ1) is 31.9. The lowest BCUT2D eigenvalue weighted by Crippen LogP contribution is -2.49. The average Bonchev–Trinajstić information content (AvgIpc) is 3.57. The molecule has 2 aliphatic rings. The molecule has 244 valence electrons. The molecule has 2 aromatic heterocycles. The lowest BCUT2D eigenvalue weighted by molar-refractivity contribution is -0.130. The smallest absolute Gasteiger partial charge is 0.227 e. The van der Waals surface area contributed by atoms with Crippen LogP contribution in [0.2, 0.25) is 0 Å². The molecular formula is C35H48N10O. The number of amides is 1. The third kappa shape index (κ3) is 9.01. The summed E-state index contributed by atoms with van der Waals surface area (Å²) in [5.74, 6) is 1.62. The number of carbonyl (C=O) groups excluding carboxylic acids is 1. The number of anilines is 2. The molecule has 0 spiro atoms. The lowest BCUT2D eigenvalue weighted by Gasteiger charge is -2.36. The zero-order valence-corrected chi connectivity index (χ0v) is 26.9. The highest BCUT2D eigenvalue weighted by Crippen LogP contribution is 2.26. The standard InChI is InChI=1S/C35H48N10O/c46-33(25-28-11-3-1-4-12-28)43-21-23-44(24-22-43)34-31-15-7-8-16-32(31)39-35(40-34)38-26-30-27-45(42-41-30)20-10-18-36-17-9-19-37-29-13-5-2-6-14-29/h1,3-4,7-8,11-12,15-16,27,29,36-37H,2,5-6,9-10,13-14,17-26H2,(H,38,39,40). The summed E-state index contributed by atoms with van der Waals surface area (Å²) in [6.07, 6.45) is 11.5. The Morgan fingerprint density at radius 3 is 2.48 bits per heavy atom. The normalized spacial score (nSPS) is 15.8. The van der Waals surface area contributed by atoms with Crippen LogP contribution < -0.4 is 20.9 Å². The van der Waals surface area contributed by atoms with Crippen LogP contribution in [0.5, 0.6) is 0 Å². The Hall–Kier alpha value is -4.09. The predicted octanol–water partition coefficient (Wildman–Crippen LogP) is 4.02. The van der Waals surface area contributed by atoms with Gasteiger partial charge in [0.25, 0.3) is 0 Å². The van der Waals surface area contributed by atoms with Gasteiger partial charge in [-0.3, -0.25) is 9.48 Å². The maximum Gasteiger partial charge on any atom is 0.227 e. The van der Waals surface area contributed by atoms with E-state index < -0.39 is 0 Å². The Morgan fingerprint density at radius 2 is 1.63 bits per heavy atom. The molecule has 0 radical (unpaired) electrons. The third-order valence-electron chi connectivity index (χ3n) is 9.04. The third-order valence-corrected chi connectivity index (χ3v) is 9.04. The summed E-state index contributed by atoms with van der Waals surface area (Å²) in [5.41, 5.74) is 2.79. The first-order chi connectivity index (χ1) is 22.7. The molecule has 1 aliphatic carbocycles. The molecular weight excluding hydrogens is 576 g/mol. The van der Waals surface area contributed by atoms with Crippen LogP contribution in [0.3, 0.4) is 0 Å². The second kappa shape index (κ2) is 16.5. The van der Waals surface area contributed by atoms with E-state index in [-0.39, 0.29) is 5.91 Å². The Morgan fingerprint density at radius 1 is 0.848 bits per heavy atom. The van der Waals surface area contributed by atoms with E-state index in [9.17, 15) is 4.79 Å². The number of para-hydroxylation sites is 1. The van der Waals surface area contributed by atoms with Crippen LogP contribution >= 0.6 is 0 Å². The molecule has 1 saturated heterocycles. The van der Waals surface area contributed by atoms with Gasteiger partial charge in [-0.05, 0) is 63.0 Å². The van der Waals surface area contributed by atoms with Crippen LogP contribution in [0.15, 0.2) is 60.8 Å². The Bertz CT molecular complexity index is 1510. The van der Waals surface area contributed by atoms with Crippen molar-refractivity contribution in [1.29, 1.82) is 0 Å². The van der Waals surface area contributed by atoms with Crippen molar-refractivity contribution >= 4 is 28.6 Å². The second-order valence-corrected chi connectivity index (χ2v) is 12.5. The minimum absolute atomic E-state index is 0.169. The molecule has 11 nitrogen and oxygen atoms in total. The molecule has 0 bridgehead atoms. The van der Waals surface area contributed by atoms with Crippen LogP contribution in [-0.2, 0) is 24.3 Å². The van der Waals surface area contributed by atoms with Crippen LogP contribution in [0.1, 0.15) is 56.2 Å². The molecule has 0 unspecified atom stereocenters. The molecule has 46 heavy (non-hydrogen) atoms. The van der Waals surface area contributed by atoms with E-state index in [1.165, 1.54) is 38.5 Å². The van der Waals surface area contributed by atoms with Gasteiger partial charge in [0.1, 0.15) is 11.5 Å². The molecule has 1 saturated carbocycles. The first-order valence-corrected chi connectivity index (χ1v) is 17.1. The number of aryl methyl sites for hydroxylation is 1. The van der Waals surface area contributed by atoms with E-state index in [1.807, 2.05) is 64.3 Å². The maximum absolute atomic E-state index is 12.9. The minimum Gasteiger partial charge on any atom is -0.352 e. The predicted molar refractivity (Wildman–Crippen MR) is 183 cm³/mol. The van der Waals surface area contributed by atoms with Crippen molar-refractivity contribution in [2.24, 2.45) is 0 Å². The van der Waals surface area contributed by atoms with Gasteiger partial charge in [-0.2, -0.15) is 4.98 Å². The fraction of sp³-hybridized carbons (Fsp3) is 0.514. The van der Waals surface area contributed by atoms with E-state index in [0.717, 1.165) is 79.7 Å². The molecule has 1 amide bonds. The van der Waals surface area contributed by atoms with Crippen LogP contribution in [0, 0.1) is 0 Å². The Labute approximate surface area is 272 Å². The highest BCUT2D eigenvalue weighted by atomic mass is 16.2. The number of hydrogen-bond acceptors (Lipinski definition) is 9. The largest absolute Gasteiger partial charge is 0.352 e. The Kier molecular flexibility index (Phi) is 11.4. The fourth-order valence-corrected chi connectivity index (χ4v) is 6.45. The number of benzene rings is 2. The quantitative estimate of drug-likeness (QED) is 0.169. The van der Waals surface area contributed by atoms with Crippen LogP contribution in [0.4, 0.5) is 11.8 Å². The molecule has 4 aromatic rings. The summed E-state index contributed by atoms with van der Waals surface area (Å²) in [6, 6.07) is 18.8. The number of rotatable bonds is 15. The summed E-state index contributed by atoms with van der Waals surface area (Å²) in [7, 11) is 0. The van der Waals surface area contributed by atoms with Crippen molar-refractivity contribution in [1.82, 2.24) is 40.5 Å². The van der Waals surface area contributed by atoms with Gasteiger partial charge in [-0.1, -0.05) is 66.9 Å². The molecule has 1 aliphatic heterocycles. The van der Waals surface area contributed by atoms with Gasteiger partial charge < -0.3 is 25.8 Å². The van der Waals surface area contributed by atoms with E-state index in [4.69, 9.17) is 9.97 Å². The zero-order valence-electron chi connectivity index (χ0n) is 26.9. The molecule has 3 heterocycles.